The quantitative estimate of drug-likeness (QED) is 0.583. The molecule has 3 aromatic rings. The summed E-state index contributed by atoms with van der Waals surface area (Å²) in [7, 11) is 0. The summed E-state index contributed by atoms with van der Waals surface area (Å²) in [6.45, 7) is 0. The number of fused-ring (bicyclic) bond motifs is 2. The molecule has 0 radical (unpaired) electrons. The molecule has 2 aromatic carbocycles. The Morgan fingerprint density at radius 3 is 2.66 bits per heavy atom. The van der Waals surface area contributed by atoms with Crippen LogP contribution in [0.15, 0.2) is 71.0 Å². The topological polar surface area (TPSA) is 58.5 Å². The van der Waals surface area contributed by atoms with E-state index in [0.717, 1.165) is 34.8 Å². The Bertz CT molecular complexity index is 1100. The van der Waals surface area contributed by atoms with E-state index in [1.165, 1.54) is 0 Å². The second kappa shape index (κ2) is 7.41. The van der Waals surface area contributed by atoms with Crippen LogP contribution in [-0.4, -0.2) is 17.3 Å². The van der Waals surface area contributed by atoms with Crippen molar-refractivity contribution in [2.75, 3.05) is 5.32 Å². The molecule has 2 atom stereocenters. The van der Waals surface area contributed by atoms with Gasteiger partial charge in [-0.3, -0.25) is 14.6 Å². The lowest BCUT2D eigenvalue weighted by atomic mass is 9.80. The number of thiophene rings is 1. The zero-order valence-electron chi connectivity index (χ0n) is 15.8. The number of aliphatic imine (C=N–C) groups is 1. The van der Waals surface area contributed by atoms with Gasteiger partial charge in [0.1, 0.15) is 5.78 Å². The van der Waals surface area contributed by atoms with Crippen LogP contribution < -0.4 is 5.32 Å². The molecule has 1 fully saturated rings. The predicted octanol–water partition coefficient (Wildman–Crippen LogP) is 5.59. The van der Waals surface area contributed by atoms with Crippen LogP contribution in [-0.2, 0) is 4.79 Å². The zero-order valence-corrected chi connectivity index (χ0v) is 16.6. The van der Waals surface area contributed by atoms with E-state index in [4.69, 9.17) is 4.99 Å². The number of benzene rings is 2. The summed E-state index contributed by atoms with van der Waals surface area (Å²) in [5.41, 5.74) is 3.79. The Hall–Kier alpha value is -3.05. The van der Waals surface area contributed by atoms with E-state index in [2.05, 4.69) is 11.4 Å². The maximum atomic E-state index is 12.9. The molecule has 144 valence electrons. The Kier molecular flexibility index (Phi) is 4.60. The average molecular weight is 401 g/mol. The van der Waals surface area contributed by atoms with Gasteiger partial charge < -0.3 is 5.32 Å². The van der Waals surface area contributed by atoms with E-state index < -0.39 is 0 Å². The fraction of sp³-hybridized carbons (Fsp3) is 0.208. The van der Waals surface area contributed by atoms with Crippen LogP contribution in [0.3, 0.4) is 0 Å². The SMILES string of the molecule is O=C(c1ccccc1)c1ccc2c(c1)N=C1CCCC(=O)C1C(c1cccs1)N2. The Morgan fingerprint density at radius 2 is 1.86 bits per heavy atom. The minimum atomic E-state index is -0.247. The molecule has 0 amide bonds. The van der Waals surface area contributed by atoms with Gasteiger partial charge in [-0.25, -0.2) is 0 Å². The molecule has 2 unspecified atom stereocenters. The Morgan fingerprint density at radius 1 is 1.00 bits per heavy atom. The molecule has 4 nitrogen and oxygen atoms in total. The Labute approximate surface area is 173 Å². The third-order valence-corrected chi connectivity index (χ3v) is 6.57. The number of nitrogens with zero attached hydrogens (tertiary/aromatic N) is 1. The first-order chi connectivity index (χ1) is 14.2. The fourth-order valence-corrected chi connectivity index (χ4v) is 5.01. The molecule has 5 rings (SSSR count). The molecular formula is C24H20N2O2S. The van der Waals surface area contributed by atoms with Crippen LogP contribution in [0.25, 0.3) is 0 Å². The van der Waals surface area contributed by atoms with Gasteiger partial charge in [-0.2, -0.15) is 0 Å². The lowest BCUT2D eigenvalue weighted by Crippen LogP contribution is -2.35. The standard InChI is InChI=1S/C24H20N2O2S/c27-20-9-4-8-18-22(20)23(21-10-5-13-29-21)26-17-12-11-16(14-19(17)25-18)24(28)15-6-2-1-3-7-15/h1-3,5-7,10-14,22-23,26H,4,8-9H2. The summed E-state index contributed by atoms with van der Waals surface area (Å²) in [6.07, 6.45) is 2.25. The maximum absolute atomic E-state index is 12.9. The first kappa shape index (κ1) is 18.0. The highest BCUT2D eigenvalue weighted by Gasteiger charge is 2.38. The highest BCUT2D eigenvalue weighted by atomic mass is 32.1. The van der Waals surface area contributed by atoms with Crippen molar-refractivity contribution in [2.45, 2.75) is 25.3 Å². The van der Waals surface area contributed by atoms with Crippen molar-refractivity contribution in [3.8, 4) is 0 Å². The number of carbonyl (C=O) groups is 2. The predicted molar refractivity (Wildman–Crippen MR) is 116 cm³/mol. The molecule has 1 aliphatic heterocycles. The van der Waals surface area contributed by atoms with Crippen molar-refractivity contribution in [2.24, 2.45) is 10.9 Å². The van der Waals surface area contributed by atoms with Crippen molar-refractivity contribution < 1.29 is 9.59 Å². The van der Waals surface area contributed by atoms with Crippen molar-refractivity contribution >= 4 is 40.0 Å². The van der Waals surface area contributed by atoms with Gasteiger partial charge in [-0.1, -0.05) is 36.4 Å². The van der Waals surface area contributed by atoms with Crippen LogP contribution >= 0.6 is 11.3 Å². The van der Waals surface area contributed by atoms with Gasteiger partial charge in [0, 0.05) is 28.1 Å². The molecule has 0 bridgehead atoms. The summed E-state index contributed by atoms with van der Waals surface area (Å²) in [4.78, 5) is 31.7. The second-order valence-electron chi connectivity index (χ2n) is 7.47. The molecule has 1 N–H and O–H groups in total. The van der Waals surface area contributed by atoms with Gasteiger partial charge >= 0.3 is 0 Å². The largest absolute Gasteiger partial charge is 0.375 e. The maximum Gasteiger partial charge on any atom is 0.193 e. The van der Waals surface area contributed by atoms with Gasteiger partial charge in [0.15, 0.2) is 5.78 Å². The molecule has 2 heterocycles. The molecule has 1 aliphatic carbocycles. The number of hydrogen-bond donors (Lipinski definition) is 1. The van der Waals surface area contributed by atoms with E-state index in [-0.39, 0.29) is 23.5 Å². The third-order valence-electron chi connectivity index (χ3n) is 5.62. The van der Waals surface area contributed by atoms with Gasteiger partial charge in [-0.15, -0.1) is 11.3 Å². The number of hydrogen-bond acceptors (Lipinski definition) is 5. The van der Waals surface area contributed by atoms with E-state index in [1.807, 2.05) is 60.0 Å². The summed E-state index contributed by atoms with van der Waals surface area (Å²) >= 11 is 1.65. The normalized spacial score (nSPS) is 20.7. The number of nitrogens with one attached hydrogen (secondary N) is 1. The first-order valence-electron chi connectivity index (χ1n) is 9.84. The summed E-state index contributed by atoms with van der Waals surface area (Å²) in [5, 5.41) is 5.60. The lowest BCUT2D eigenvalue weighted by molar-refractivity contribution is -0.121. The monoisotopic (exact) mass is 400 g/mol. The molecule has 1 saturated carbocycles. The average Bonchev–Trinajstić information content (AvgIpc) is 3.22. The molecule has 0 spiro atoms. The number of carbonyl (C=O) groups excluding carboxylic acids is 2. The van der Waals surface area contributed by atoms with E-state index in [0.29, 0.717) is 17.5 Å². The van der Waals surface area contributed by atoms with Crippen molar-refractivity contribution in [1.29, 1.82) is 0 Å². The minimum absolute atomic E-state index is 0.0241. The number of rotatable bonds is 3. The molecule has 5 heteroatoms. The van der Waals surface area contributed by atoms with Crippen LogP contribution in [0.5, 0.6) is 0 Å². The number of ketones is 2. The van der Waals surface area contributed by atoms with Gasteiger partial charge in [0.2, 0.25) is 0 Å². The van der Waals surface area contributed by atoms with Gasteiger partial charge in [-0.05, 0) is 42.5 Å². The van der Waals surface area contributed by atoms with E-state index in [9.17, 15) is 9.59 Å². The van der Waals surface area contributed by atoms with E-state index >= 15 is 0 Å². The summed E-state index contributed by atoms with van der Waals surface area (Å²) < 4.78 is 0. The van der Waals surface area contributed by atoms with Crippen LogP contribution in [0, 0.1) is 5.92 Å². The first-order valence-corrected chi connectivity index (χ1v) is 10.7. The molecular weight excluding hydrogens is 380 g/mol. The molecule has 2 aliphatic rings. The smallest absolute Gasteiger partial charge is 0.193 e. The number of Topliss-reactive ketones (excluding diaryl/α,β-unsaturated/α-hetero) is 1. The minimum Gasteiger partial charge on any atom is -0.375 e. The van der Waals surface area contributed by atoms with Crippen LogP contribution in [0.4, 0.5) is 11.4 Å². The highest BCUT2D eigenvalue weighted by molar-refractivity contribution is 7.10. The fourth-order valence-electron chi connectivity index (χ4n) is 4.20. The van der Waals surface area contributed by atoms with Crippen molar-refractivity contribution in [3.63, 3.8) is 0 Å². The van der Waals surface area contributed by atoms with Crippen molar-refractivity contribution in [1.82, 2.24) is 0 Å². The van der Waals surface area contributed by atoms with Crippen LogP contribution in [0.1, 0.15) is 46.1 Å². The van der Waals surface area contributed by atoms with Crippen molar-refractivity contribution in [3.05, 3.63) is 82.0 Å². The zero-order chi connectivity index (χ0) is 19.8. The Balaban J connectivity index is 1.58. The molecule has 1 aromatic heterocycles. The van der Waals surface area contributed by atoms with E-state index in [1.54, 1.807) is 11.3 Å². The van der Waals surface area contributed by atoms with Gasteiger partial charge in [0.05, 0.1) is 23.3 Å². The van der Waals surface area contributed by atoms with Crippen LogP contribution in [0.2, 0.25) is 0 Å². The number of anilines is 1. The molecule has 0 saturated heterocycles. The van der Waals surface area contributed by atoms with Gasteiger partial charge in [0.25, 0.3) is 0 Å². The highest BCUT2D eigenvalue weighted by Crippen LogP contribution is 2.42. The second-order valence-corrected chi connectivity index (χ2v) is 8.44. The molecule has 29 heavy (non-hydrogen) atoms. The summed E-state index contributed by atoms with van der Waals surface area (Å²) in [5.74, 6) is -0.0266. The summed E-state index contributed by atoms with van der Waals surface area (Å²) in [6, 6.07) is 18.8. The lowest BCUT2D eigenvalue weighted by Gasteiger charge is -2.29. The third kappa shape index (κ3) is 3.32.